The zero-order valence-corrected chi connectivity index (χ0v) is 24.5. The van der Waals surface area contributed by atoms with Gasteiger partial charge < -0.3 is 14.5 Å². The first-order valence-corrected chi connectivity index (χ1v) is 15.1. The van der Waals surface area contributed by atoms with Gasteiger partial charge in [0.2, 0.25) is 5.91 Å². The molecule has 0 aliphatic carbocycles. The molecule has 1 aliphatic heterocycles. The molecule has 9 heteroatoms. The van der Waals surface area contributed by atoms with Gasteiger partial charge in [-0.05, 0) is 50.3 Å². The second-order valence-electron chi connectivity index (χ2n) is 10.6. The van der Waals surface area contributed by atoms with Crippen molar-refractivity contribution in [3.8, 4) is 5.75 Å². The number of amides is 2. The molecule has 0 radical (unpaired) electrons. The summed E-state index contributed by atoms with van der Waals surface area (Å²) in [7, 11) is -2.12. The number of likely N-dealkylation sites (N-methyl/N-ethyl adjacent to an activating group) is 1. The van der Waals surface area contributed by atoms with Crippen LogP contribution >= 0.6 is 0 Å². The molecular formula is C30H42N3O5S+. The SMILES string of the molecule is CC(=O)N1CCC/C=C/CN(C)C(=O)c2cc(S(=O)(=O)[NH2+][C@@H](C)c3ccccc3)ccc2OC[C@@H]1CC(C)C. The highest BCUT2D eigenvalue weighted by Crippen LogP contribution is 2.26. The summed E-state index contributed by atoms with van der Waals surface area (Å²) in [6.45, 7) is 8.80. The summed E-state index contributed by atoms with van der Waals surface area (Å²) < 4.78 is 34.2. The molecule has 0 bridgehead atoms. The second kappa shape index (κ2) is 13.8. The maximum absolute atomic E-state index is 13.5. The molecule has 2 aromatic rings. The molecular weight excluding hydrogens is 514 g/mol. The fraction of sp³-hybridized carbons (Fsp3) is 0.467. The number of sulfonamides is 1. The Labute approximate surface area is 233 Å². The maximum Gasteiger partial charge on any atom is 0.324 e. The molecule has 2 aromatic carbocycles. The smallest absolute Gasteiger partial charge is 0.324 e. The maximum atomic E-state index is 13.5. The van der Waals surface area contributed by atoms with E-state index in [2.05, 4.69) is 13.8 Å². The lowest BCUT2D eigenvalue weighted by molar-refractivity contribution is -0.542. The van der Waals surface area contributed by atoms with Crippen molar-refractivity contribution in [2.24, 2.45) is 5.92 Å². The topological polar surface area (TPSA) is 101 Å². The molecule has 0 saturated carbocycles. The highest BCUT2D eigenvalue weighted by Gasteiger charge is 2.28. The number of hydrogen-bond acceptors (Lipinski definition) is 5. The third kappa shape index (κ3) is 8.41. The number of allylic oxidation sites excluding steroid dienone is 1. The third-order valence-corrected chi connectivity index (χ3v) is 8.58. The zero-order chi connectivity index (χ0) is 28.6. The molecule has 2 N–H and O–H groups in total. The van der Waals surface area contributed by atoms with Crippen LogP contribution in [-0.4, -0.2) is 62.8 Å². The first-order valence-electron chi connectivity index (χ1n) is 13.6. The average molecular weight is 557 g/mol. The van der Waals surface area contributed by atoms with Crippen molar-refractivity contribution in [1.29, 1.82) is 0 Å². The van der Waals surface area contributed by atoms with Crippen molar-refractivity contribution in [2.75, 3.05) is 26.7 Å². The van der Waals surface area contributed by atoms with Crippen LogP contribution < -0.4 is 9.46 Å². The normalized spacial score (nSPS) is 19.1. The first-order chi connectivity index (χ1) is 18.5. The minimum Gasteiger partial charge on any atom is -0.491 e. The molecule has 0 spiro atoms. The lowest BCUT2D eigenvalue weighted by atomic mass is 10.0. The summed E-state index contributed by atoms with van der Waals surface area (Å²) in [6, 6.07) is 13.4. The molecule has 1 heterocycles. The number of fused-ring (bicyclic) bond motifs is 1. The number of rotatable bonds is 6. The van der Waals surface area contributed by atoms with Gasteiger partial charge in [-0.25, -0.2) is 4.72 Å². The van der Waals surface area contributed by atoms with Crippen LogP contribution in [0.1, 0.15) is 68.9 Å². The molecule has 2 atom stereocenters. The number of carbonyl (C=O) groups is 2. The van der Waals surface area contributed by atoms with Gasteiger partial charge in [-0.15, -0.1) is 0 Å². The number of carbonyl (C=O) groups excluding carboxylic acids is 2. The Morgan fingerprint density at radius 2 is 1.82 bits per heavy atom. The highest BCUT2D eigenvalue weighted by molar-refractivity contribution is 7.84. The van der Waals surface area contributed by atoms with Crippen LogP contribution in [0.2, 0.25) is 0 Å². The van der Waals surface area contributed by atoms with Gasteiger partial charge in [0, 0.05) is 32.6 Å². The summed E-state index contributed by atoms with van der Waals surface area (Å²) in [5.41, 5.74) is 1.07. The van der Waals surface area contributed by atoms with Crippen LogP contribution in [0, 0.1) is 5.92 Å². The summed E-state index contributed by atoms with van der Waals surface area (Å²) in [5, 5.41) is 0. The molecule has 39 heavy (non-hydrogen) atoms. The van der Waals surface area contributed by atoms with Crippen LogP contribution in [0.25, 0.3) is 0 Å². The van der Waals surface area contributed by atoms with Gasteiger partial charge in [0.05, 0.1) is 11.6 Å². The lowest BCUT2D eigenvalue weighted by Gasteiger charge is -2.32. The summed E-state index contributed by atoms with van der Waals surface area (Å²) in [4.78, 5) is 29.5. The van der Waals surface area contributed by atoms with Crippen LogP contribution in [0.15, 0.2) is 65.6 Å². The van der Waals surface area contributed by atoms with E-state index in [-0.39, 0.29) is 41.0 Å². The monoisotopic (exact) mass is 556 g/mol. The second-order valence-corrected chi connectivity index (χ2v) is 12.5. The third-order valence-electron chi connectivity index (χ3n) is 6.90. The van der Waals surface area contributed by atoms with Gasteiger partial charge in [-0.2, -0.15) is 8.42 Å². The Morgan fingerprint density at radius 1 is 1.10 bits per heavy atom. The molecule has 212 valence electrons. The average Bonchev–Trinajstić information content (AvgIpc) is 2.89. The van der Waals surface area contributed by atoms with Crippen molar-refractivity contribution in [3.63, 3.8) is 0 Å². The van der Waals surface area contributed by atoms with Gasteiger partial charge in [-0.1, -0.05) is 56.3 Å². The van der Waals surface area contributed by atoms with E-state index in [1.165, 1.54) is 16.9 Å². The minimum atomic E-state index is -3.81. The molecule has 0 unspecified atom stereocenters. The Bertz CT molecular complexity index is 1260. The Morgan fingerprint density at radius 3 is 2.49 bits per heavy atom. The Hall–Kier alpha value is -3.17. The van der Waals surface area contributed by atoms with Crippen molar-refractivity contribution < 1.29 is 27.5 Å². The van der Waals surface area contributed by atoms with Gasteiger partial charge in [0.15, 0.2) is 0 Å². The van der Waals surface area contributed by atoms with Gasteiger partial charge >= 0.3 is 10.0 Å². The first kappa shape index (κ1) is 30.4. The van der Waals surface area contributed by atoms with E-state index >= 15 is 0 Å². The van der Waals surface area contributed by atoms with E-state index in [4.69, 9.17) is 4.74 Å². The van der Waals surface area contributed by atoms with Crippen molar-refractivity contribution in [2.45, 2.75) is 63.9 Å². The van der Waals surface area contributed by atoms with Crippen molar-refractivity contribution in [1.82, 2.24) is 9.80 Å². The quantitative estimate of drug-likeness (QED) is 0.546. The van der Waals surface area contributed by atoms with Crippen LogP contribution in [-0.2, 0) is 14.8 Å². The number of nitrogens with two attached hydrogens (primary N) is 1. The number of benzene rings is 2. The van der Waals surface area contributed by atoms with E-state index in [1.807, 2.05) is 54.3 Å². The highest BCUT2D eigenvalue weighted by atomic mass is 32.2. The molecule has 3 rings (SSSR count). The Balaban J connectivity index is 1.98. The van der Waals surface area contributed by atoms with E-state index in [9.17, 15) is 18.0 Å². The predicted octanol–water partition coefficient (Wildman–Crippen LogP) is 3.76. The number of hydrogen-bond donors (Lipinski definition) is 1. The Kier molecular flexibility index (Phi) is 10.7. The lowest BCUT2D eigenvalue weighted by Crippen LogP contribution is -2.87. The minimum absolute atomic E-state index is 0.0131. The van der Waals surface area contributed by atoms with Gasteiger partial charge in [-0.3, -0.25) is 9.59 Å². The number of nitrogens with zero attached hydrogens (tertiary/aromatic N) is 2. The largest absolute Gasteiger partial charge is 0.491 e. The van der Waals surface area contributed by atoms with Crippen molar-refractivity contribution in [3.05, 3.63) is 71.8 Å². The number of quaternary nitrogens is 1. The molecule has 8 nitrogen and oxygen atoms in total. The van der Waals surface area contributed by atoms with Crippen molar-refractivity contribution >= 4 is 21.8 Å². The fourth-order valence-corrected chi connectivity index (χ4v) is 6.18. The van der Waals surface area contributed by atoms with E-state index < -0.39 is 10.0 Å². The fourth-order valence-electron chi connectivity index (χ4n) is 4.79. The van der Waals surface area contributed by atoms with Gasteiger partial charge in [0.25, 0.3) is 5.91 Å². The molecule has 1 aliphatic rings. The molecule has 2 amide bonds. The van der Waals surface area contributed by atoms with E-state index in [0.717, 1.165) is 24.8 Å². The number of primary sulfonamides is 1. The summed E-state index contributed by atoms with van der Waals surface area (Å²) in [6.07, 6.45) is 6.29. The van der Waals surface area contributed by atoms with Crippen LogP contribution in [0.4, 0.5) is 0 Å². The van der Waals surface area contributed by atoms with E-state index in [0.29, 0.717) is 24.8 Å². The van der Waals surface area contributed by atoms with Gasteiger partial charge in [0.1, 0.15) is 23.3 Å². The predicted molar refractivity (Wildman–Crippen MR) is 152 cm³/mol. The molecule has 0 saturated heterocycles. The van der Waals surface area contributed by atoms with Crippen LogP contribution in [0.5, 0.6) is 5.75 Å². The molecule has 0 aromatic heterocycles. The summed E-state index contributed by atoms with van der Waals surface area (Å²) >= 11 is 0. The zero-order valence-electron chi connectivity index (χ0n) is 23.7. The number of ether oxygens (including phenoxy) is 1. The molecule has 0 fully saturated rings. The van der Waals surface area contributed by atoms with E-state index in [1.54, 1.807) is 24.9 Å². The standard InChI is InChI=1S/C30H41N3O5S/c1-22(2)19-26-21-38-29-16-15-27(39(36,37)31-23(3)25-13-9-8-10-14-25)20-28(29)30(35)32(5)17-11-6-7-12-18-33(26)24(4)34/h6,8-11,13-16,20,22-23,26,31H,7,12,17-19,21H2,1-5H3/p+1/b11-6+/t23-,26-/m0/s1. The summed E-state index contributed by atoms with van der Waals surface area (Å²) in [5.74, 6) is 0.297. The van der Waals surface area contributed by atoms with Crippen LogP contribution in [0.3, 0.4) is 0 Å².